The highest BCUT2D eigenvalue weighted by molar-refractivity contribution is 7.00. The lowest BCUT2D eigenvalue weighted by atomic mass is 9.33. The summed E-state index contributed by atoms with van der Waals surface area (Å²) in [6.07, 6.45) is 0. The van der Waals surface area contributed by atoms with Crippen molar-refractivity contribution in [2.75, 3.05) is 9.80 Å². The molecule has 4 nitrogen and oxygen atoms in total. The molecule has 0 amide bonds. The van der Waals surface area contributed by atoms with Crippen molar-refractivity contribution in [1.82, 2.24) is 4.57 Å². The summed E-state index contributed by atoms with van der Waals surface area (Å²) >= 11 is 0. The summed E-state index contributed by atoms with van der Waals surface area (Å²) in [5.41, 5.74) is 29.0. The van der Waals surface area contributed by atoms with E-state index in [0.717, 1.165) is 117 Å². The van der Waals surface area contributed by atoms with Crippen molar-refractivity contribution in [2.24, 2.45) is 0 Å². The standard InChI is InChI=1S/C86H66BN3O/c1-85(2,3)60-45-48-76-73(53-60)87-72-47-46-62(88-74-42-22-19-35-66(74)67-36-20-23-43-75(67)88)54-77(72)90(83-70(57-31-15-9-16-32-57)51-61(86(4,5)6)52-71(83)58-33-17-10-18-34-58)79-50-59(65-40-26-41-69-68-37-21-24-44-80(68)91-84(65)69)49-78(81(79)87)89(76)82-63(55-27-11-7-12-28-55)38-25-39-64(82)56-29-13-8-14-30-56/h7-54H,1-6H3. The molecule has 17 rings (SSSR count). The predicted octanol–water partition coefficient (Wildman–Crippen LogP) is 21.7. The molecule has 2 aliphatic rings. The first-order chi connectivity index (χ1) is 44.4. The highest BCUT2D eigenvalue weighted by atomic mass is 16.3. The van der Waals surface area contributed by atoms with Crippen molar-refractivity contribution in [1.29, 1.82) is 0 Å². The molecule has 0 saturated heterocycles. The van der Waals surface area contributed by atoms with E-state index in [1.165, 1.54) is 49.3 Å². The maximum Gasteiger partial charge on any atom is 0.252 e. The van der Waals surface area contributed by atoms with Gasteiger partial charge >= 0.3 is 0 Å². The molecule has 0 fully saturated rings. The second kappa shape index (κ2) is 20.9. The SMILES string of the molecule is CC(C)(C)c1ccc2c(c1)B1c3ccc(-n4c5ccccc5c5ccccc54)cc3N(c3c(-c4ccccc4)cc(C(C)(C)C)cc3-c3ccccc3)c3cc(-c4cccc5c4oc4ccccc45)cc(c31)N2c1c(-c2ccccc2)cccc1-c1ccccc1. The third-order valence-electron chi connectivity index (χ3n) is 19.3. The normalized spacial score (nSPS) is 12.9. The van der Waals surface area contributed by atoms with E-state index in [9.17, 15) is 0 Å². The van der Waals surface area contributed by atoms with Gasteiger partial charge in [-0.15, -0.1) is 0 Å². The average molecular weight is 1170 g/mol. The Hall–Kier alpha value is -10.9. The van der Waals surface area contributed by atoms with Crippen LogP contribution in [0.25, 0.3) is 105 Å². The summed E-state index contributed by atoms with van der Waals surface area (Å²) in [7, 11) is 0. The molecule has 0 saturated carbocycles. The van der Waals surface area contributed by atoms with Crippen LogP contribution in [0.5, 0.6) is 0 Å². The summed E-state index contributed by atoms with van der Waals surface area (Å²) in [6, 6.07) is 109. The predicted molar refractivity (Wildman–Crippen MR) is 387 cm³/mol. The van der Waals surface area contributed by atoms with Crippen LogP contribution < -0.4 is 26.2 Å². The maximum absolute atomic E-state index is 7.12. The van der Waals surface area contributed by atoms with Gasteiger partial charge in [0.1, 0.15) is 11.2 Å². The Morgan fingerprint density at radius 3 is 1.33 bits per heavy atom. The van der Waals surface area contributed by atoms with Crippen molar-refractivity contribution < 1.29 is 4.42 Å². The van der Waals surface area contributed by atoms with Crippen molar-refractivity contribution in [3.05, 3.63) is 302 Å². The van der Waals surface area contributed by atoms with Crippen LogP contribution in [0, 0.1) is 0 Å². The molecule has 0 radical (unpaired) electrons. The highest BCUT2D eigenvalue weighted by Crippen LogP contribution is 2.55. The molecular formula is C86H66BN3O. The van der Waals surface area contributed by atoms with Gasteiger partial charge in [-0.05, 0) is 127 Å². The van der Waals surface area contributed by atoms with Crippen molar-refractivity contribution >= 4 is 101 Å². The van der Waals surface area contributed by atoms with Crippen molar-refractivity contribution in [3.63, 3.8) is 0 Å². The zero-order valence-electron chi connectivity index (χ0n) is 52.0. The lowest BCUT2D eigenvalue weighted by Gasteiger charge is -2.46. The Labute approximate surface area is 532 Å². The number of para-hydroxylation sites is 5. The van der Waals surface area contributed by atoms with E-state index in [4.69, 9.17) is 4.42 Å². The Kier molecular flexibility index (Phi) is 12.5. The molecular weight excluding hydrogens is 1100 g/mol. The quantitative estimate of drug-likeness (QED) is 0.142. The number of hydrogen-bond donors (Lipinski definition) is 0. The number of nitrogens with zero attached hydrogens (tertiary/aromatic N) is 3. The maximum atomic E-state index is 7.12. The van der Waals surface area contributed by atoms with Gasteiger partial charge in [0.2, 0.25) is 0 Å². The molecule has 15 aromatic rings. The largest absolute Gasteiger partial charge is 0.455 e. The van der Waals surface area contributed by atoms with E-state index >= 15 is 0 Å². The van der Waals surface area contributed by atoms with Crippen molar-refractivity contribution in [3.8, 4) is 61.3 Å². The minimum absolute atomic E-state index is 0.164. The second-order valence-corrected chi connectivity index (χ2v) is 26.8. The van der Waals surface area contributed by atoms with Crippen LogP contribution in [0.1, 0.15) is 52.7 Å². The van der Waals surface area contributed by atoms with Gasteiger partial charge in [-0.3, -0.25) is 0 Å². The third kappa shape index (κ3) is 8.73. The van der Waals surface area contributed by atoms with E-state index in [2.05, 4.69) is 347 Å². The number of aromatic nitrogens is 1. The van der Waals surface area contributed by atoms with Crippen molar-refractivity contribution in [2.45, 2.75) is 52.4 Å². The highest BCUT2D eigenvalue weighted by Gasteiger charge is 2.46. The van der Waals surface area contributed by atoms with Crippen LogP contribution in [0.15, 0.2) is 296 Å². The molecule has 4 heterocycles. The lowest BCUT2D eigenvalue weighted by molar-refractivity contribution is 0.590. The van der Waals surface area contributed by atoms with Gasteiger partial charge in [0.25, 0.3) is 6.71 Å². The fourth-order valence-corrected chi connectivity index (χ4v) is 14.9. The van der Waals surface area contributed by atoms with Crippen LogP contribution >= 0.6 is 0 Å². The lowest BCUT2D eigenvalue weighted by Crippen LogP contribution is -2.61. The van der Waals surface area contributed by atoms with Gasteiger partial charge in [0.15, 0.2) is 0 Å². The molecule has 13 aromatic carbocycles. The first-order valence-corrected chi connectivity index (χ1v) is 31.9. The van der Waals surface area contributed by atoms with Crippen LogP contribution in [0.2, 0.25) is 0 Å². The number of benzene rings is 13. The van der Waals surface area contributed by atoms with Gasteiger partial charge in [0.05, 0.1) is 22.4 Å². The molecule has 434 valence electrons. The molecule has 91 heavy (non-hydrogen) atoms. The number of rotatable bonds is 8. The van der Waals surface area contributed by atoms with Gasteiger partial charge < -0.3 is 18.8 Å². The summed E-state index contributed by atoms with van der Waals surface area (Å²) in [5, 5.41) is 4.64. The molecule has 2 aromatic heterocycles. The first kappa shape index (κ1) is 54.3. The van der Waals surface area contributed by atoms with Gasteiger partial charge in [0, 0.05) is 77.8 Å². The topological polar surface area (TPSA) is 24.6 Å². The Morgan fingerprint density at radius 1 is 0.308 bits per heavy atom. The summed E-state index contributed by atoms with van der Waals surface area (Å²) in [5.74, 6) is 0. The fourth-order valence-electron chi connectivity index (χ4n) is 14.9. The Morgan fingerprint density at radius 2 is 0.769 bits per heavy atom. The van der Waals surface area contributed by atoms with Gasteiger partial charge in [-0.2, -0.15) is 0 Å². The summed E-state index contributed by atoms with van der Waals surface area (Å²) in [4.78, 5) is 5.35. The Bertz CT molecular complexity index is 5210. The molecule has 0 atom stereocenters. The van der Waals surface area contributed by atoms with E-state index in [1.807, 2.05) is 0 Å². The molecule has 0 spiro atoms. The summed E-state index contributed by atoms with van der Waals surface area (Å²) in [6.45, 7) is 13.9. The third-order valence-corrected chi connectivity index (χ3v) is 19.3. The zero-order chi connectivity index (χ0) is 61.3. The smallest absolute Gasteiger partial charge is 0.252 e. The zero-order valence-corrected chi connectivity index (χ0v) is 52.0. The van der Waals surface area contributed by atoms with Crippen LogP contribution in [-0.2, 0) is 10.8 Å². The van der Waals surface area contributed by atoms with E-state index < -0.39 is 0 Å². The second-order valence-electron chi connectivity index (χ2n) is 26.8. The monoisotopic (exact) mass is 1170 g/mol. The molecule has 5 heteroatoms. The molecule has 0 unspecified atom stereocenters. The summed E-state index contributed by atoms with van der Waals surface area (Å²) < 4.78 is 9.61. The minimum atomic E-state index is -0.216. The molecule has 0 N–H and O–H groups in total. The first-order valence-electron chi connectivity index (χ1n) is 31.9. The van der Waals surface area contributed by atoms with Crippen LogP contribution in [0.4, 0.5) is 34.1 Å². The fraction of sp³-hybridized carbons (Fsp3) is 0.0930. The average Bonchev–Trinajstić information content (AvgIpc) is 1.51. The number of hydrogen-bond acceptors (Lipinski definition) is 3. The number of anilines is 6. The Balaban J connectivity index is 1.09. The van der Waals surface area contributed by atoms with E-state index in [-0.39, 0.29) is 17.5 Å². The van der Waals surface area contributed by atoms with Crippen LogP contribution in [0.3, 0.4) is 0 Å². The number of fused-ring (bicyclic) bond motifs is 10. The van der Waals surface area contributed by atoms with E-state index in [1.54, 1.807) is 0 Å². The molecule has 0 aliphatic carbocycles. The van der Waals surface area contributed by atoms with E-state index in [0.29, 0.717) is 0 Å². The molecule has 0 bridgehead atoms. The van der Waals surface area contributed by atoms with Gasteiger partial charge in [-0.1, -0.05) is 272 Å². The van der Waals surface area contributed by atoms with Crippen LogP contribution in [-0.4, -0.2) is 11.3 Å². The minimum Gasteiger partial charge on any atom is -0.455 e. The van der Waals surface area contributed by atoms with Gasteiger partial charge in [-0.25, -0.2) is 0 Å². The molecule has 2 aliphatic heterocycles. The number of furan rings is 1.